The number of carbonyl (C=O) groups is 2. The Morgan fingerprint density at radius 3 is 2.40 bits per heavy atom. The average Bonchev–Trinajstić information content (AvgIpc) is 2.71. The molecule has 0 radical (unpaired) electrons. The Kier molecular flexibility index (Phi) is 6.70. The summed E-state index contributed by atoms with van der Waals surface area (Å²) in [6.07, 6.45) is 0. The fourth-order valence-electron chi connectivity index (χ4n) is 2.31. The molecule has 3 rings (SSSR count). The molecule has 154 valence electrons. The molecule has 5 N–H and O–H groups in total. The molecule has 0 bridgehead atoms. The highest BCUT2D eigenvalue weighted by atomic mass is 35.5. The molecule has 0 aliphatic carbocycles. The van der Waals surface area contributed by atoms with Crippen LogP contribution in [0.1, 0.15) is 10.4 Å². The number of hydrogen-bond donors (Lipinski definition) is 4. The number of carbonyl (C=O) groups excluding carboxylic acids is 2. The molecule has 0 fully saturated rings. The van der Waals surface area contributed by atoms with Gasteiger partial charge in [0.05, 0.1) is 5.75 Å². The van der Waals surface area contributed by atoms with Crippen molar-refractivity contribution in [3.8, 4) is 0 Å². The lowest BCUT2D eigenvalue weighted by Crippen LogP contribution is -2.23. The maximum absolute atomic E-state index is 13.0. The van der Waals surface area contributed by atoms with Crippen LogP contribution in [0.3, 0.4) is 0 Å². The normalized spacial score (nSPS) is 10.5. The number of benzene rings is 2. The summed E-state index contributed by atoms with van der Waals surface area (Å²) in [5, 5.41) is 5.69. The number of H-pyrrole nitrogens is 1. The van der Waals surface area contributed by atoms with Crippen LogP contribution in [-0.4, -0.2) is 27.5 Å². The van der Waals surface area contributed by atoms with Crippen LogP contribution in [0.2, 0.25) is 5.02 Å². The Labute approximate surface area is 179 Å². The molecule has 3 aromatic rings. The second-order valence-electron chi connectivity index (χ2n) is 5.94. The minimum Gasteiger partial charge on any atom is -0.382 e. The molecule has 0 saturated carbocycles. The van der Waals surface area contributed by atoms with Gasteiger partial charge in [-0.05, 0) is 48.5 Å². The van der Waals surface area contributed by atoms with E-state index in [0.29, 0.717) is 10.7 Å². The smallest absolute Gasteiger partial charge is 0.277 e. The summed E-state index contributed by atoms with van der Waals surface area (Å²) in [5.74, 6) is -1.71. The minimum atomic E-state index is -0.682. The second kappa shape index (κ2) is 9.42. The molecule has 0 saturated heterocycles. The van der Waals surface area contributed by atoms with E-state index in [1.807, 2.05) is 0 Å². The van der Waals surface area contributed by atoms with Gasteiger partial charge in [0.15, 0.2) is 11.0 Å². The number of halogens is 2. The van der Waals surface area contributed by atoms with Crippen LogP contribution >= 0.6 is 23.4 Å². The van der Waals surface area contributed by atoms with Crippen molar-refractivity contribution < 1.29 is 14.0 Å². The molecule has 1 heterocycles. The molecule has 1 aromatic heterocycles. The summed E-state index contributed by atoms with van der Waals surface area (Å²) in [6.45, 7) is 0. The van der Waals surface area contributed by atoms with Gasteiger partial charge in [-0.15, -0.1) is 0 Å². The second-order valence-corrected chi connectivity index (χ2v) is 7.34. The Morgan fingerprint density at radius 1 is 1.10 bits per heavy atom. The monoisotopic (exact) mass is 447 g/mol. The van der Waals surface area contributed by atoms with Crippen LogP contribution in [0.25, 0.3) is 0 Å². The summed E-state index contributed by atoms with van der Waals surface area (Å²) >= 11 is 6.76. The Balaban J connectivity index is 1.63. The fraction of sp³-hybridized carbons (Fsp3) is 0.0526. The maximum atomic E-state index is 13.0. The standard InChI is InChI=1S/C19H15ClFN5O3S/c20-11-3-7-13(8-4-11)23-14(27)9-30-19-25-16(22)15(18(29)26-19)24-17(28)10-1-5-12(21)6-2-10/h1-8H,9H2,(H,23,27)(H,24,28)(H3,22,25,26,29). The zero-order valence-corrected chi connectivity index (χ0v) is 16.8. The van der Waals surface area contributed by atoms with Gasteiger partial charge in [0, 0.05) is 16.3 Å². The van der Waals surface area contributed by atoms with Crippen LogP contribution in [0.15, 0.2) is 58.5 Å². The molecule has 0 aliphatic heterocycles. The Bertz CT molecular complexity index is 1140. The van der Waals surface area contributed by atoms with Crippen LogP contribution in [0, 0.1) is 5.82 Å². The van der Waals surface area contributed by atoms with Crippen LogP contribution in [-0.2, 0) is 4.79 Å². The number of hydrogen-bond acceptors (Lipinski definition) is 6. The highest BCUT2D eigenvalue weighted by Crippen LogP contribution is 2.18. The molecule has 30 heavy (non-hydrogen) atoms. The van der Waals surface area contributed by atoms with Gasteiger partial charge in [0.2, 0.25) is 5.91 Å². The van der Waals surface area contributed by atoms with Crippen molar-refractivity contribution >= 4 is 52.4 Å². The molecule has 0 spiro atoms. The molecule has 2 aromatic carbocycles. The summed E-state index contributed by atoms with van der Waals surface area (Å²) < 4.78 is 13.0. The van der Waals surface area contributed by atoms with Gasteiger partial charge in [0.25, 0.3) is 11.5 Å². The predicted molar refractivity (Wildman–Crippen MR) is 114 cm³/mol. The third kappa shape index (κ3) is 5.58. The number of nitrogens with zero attached hydrogens (tertiary/aromatic N) is 1. The molecular weight excluding hydrogens is 433 g/mol. The van der Waals surface area contributed by atoms with Crippen LogP contribution in [0.4, 0.5) is 21.6 Å². The highest BCUT2D eigenvalue weighted by Gasteiger charge is 2.15. The van der Waals surface area contributed by atoms with Crippen LogP contribution in [0.5, 0.6) is 0 Å². The Morgan fingerprint density at radius 2 is 1.77 bits per heavy atom. The van der Waals surface area contributed by atoms with E-state index in [1.54, 1.807) is 24.3 Å². The van der Waals surface area contributed by atoms with E-state index < -0.39 is 17.3 Å². The molecule has 2 amide bonds. The topological polar surface area (TPSA) is 130 Å². The summed E-state index contributed by atoms with van der Waals surface area (Å²) in [5.41, 5.74) is 5.59. The van der Waals surface area contributed by atoms with E-state index >= 15 is 0 Å². The summed E-state index contributed by atoms with van der Waals surface area (Å²) in [6, 6.07) is 11.4. The van der Waals surface area contributed by atoms with Gasteiger partial charge >= 0.3 is 0 Å². The predicted octanol–water partition coefficient (Wildman–Crippen LogP) is 3.13. The third-order valence-corrected chi connectivity index (χ3v) is 4.86. The number of aromatic nitrogens is 2. The number of nitrogens with two attached hydrogens (primary N) is 1. The number of rotatable bonds is 6. The lowest BCUT2D eigenvalue weighted by atomic mass is 10.2. The lowest BCUT2D eigenvalue weighted by molar-refractivity contribution is -0.113. The van der Waals surface area contributed by atoms with E-state index in [-0.39, 0.29) is 33.9 Å². The van der Waals surface area contributed by atoms with Gasteiger partial charge in [-0.25, -0.2) is 9.37 Å². The highest BCUT2D eigenvalue weighted by molar-refractivity contribution is 7.99. The molecule has 8 nitrogen and oxygen atoms in total. The first-order valence-electron chi connectivity index (χ1n) is 8.47. The Hall–Kier alpha value is -3.37. The SMILES string of the molecule is Nc1nc(SCC(=O)Nc2ccc(Cl)cc2)[nH]c(=O)c1NC(=O)c1ccc(F)cc1. The summed E-state index contributed by atoms with van der Waals surface area (Å²) in [7, 11) is 0. The largest absolute Gasteiger partial charge is 0.382 e. The van der Waals surface area contributed by atoms with Gasteiger partial charge in [-0.2, -0.15) is 0 Å². The van der Waals surface area contributed by atoms with E-state index in [1.165, 1.54) is 12.1 Å². The third-order valence-electron chi connectivity index (χ3n) is 3.74. The van der Waals surface area contributed by atoms with Gasteiger partial charge in [0.1, 0.15) is 11.5 Å². The fourth-order valence-corrected chi connectivity index (χ4v) is 3.10. The number of anilines is 3. The van der Waals surface area contributed by atoms with Gasteiger partial charge < -0.3 is 16.4 Å². The van der Waals surface area contributed by atoms with Crippen molar-refractivity contribution in [1.82, 2.24) is 9.97 Å². The van der Waals surface area contributed by atoms with Crippen LogP contribution < -0.4 is 21.9 Å². The van der Waals surface area contributed by atoms with Gasteiger partial charge in [-0.1, -0.05) is 23.4 Å². The minimum absolute atomic E-state index is 0.0354. The first-order valence-corrected chi connectivity index (χ1v) is 9.83. The van der Waals surface area contributed by atoms with Gasteiger partial charge in [-0.3, -0.25) is 19.4 Å². The van der Waals surface area contributed by atoms with E-state index in [2.05, 4.69) is 20.6 Å². The van der Waals surface area contributed by atoms with Crippen molar-refractivity contribution in [1.29, 1.82) is 0 Å². The quantitative estimate of drug-likeness (QED) is 0.339. The number of nitrogens with one attached hydrogen (secondary N) is 3. The number of aromatic amines is 1. The van der Waals surface area contributed by atoms with Crippen molar-refractivity contribution in [2.75, 3.05) is 22.1 Å². The first-order chi connectivity index (χ1) is 14.3. The maximum Gasteiger partial charge on any atom is 0.277 e. The van der Waals surface area contributed by atoms with Crippen molar-refractivity contribution in [3.63, 3.8) is 0 Å². The lowest BCUT2D eigenvalue weighted by Gasteiger charge is -2.09. The van der Waals surface area contributed by atoms with E-state index in [9.17, 15) is 18.8 Å². The zero-order valence-electron chi connectivity index (χ0n) is 15.2. The molecule has 0 atom stereocenters. The van der Waals surface area contributed by atoms with Crippen molar-refractivity contribution in [2.45, 2.75) is 5.16 Å². The molecule has 11 heteroatoms. The first kappa shape index (κ1) is 21.3. The zero-order chi connectivity index (χ0) is 21.7. The van der Waals surface area contributed by atoms with Crippen molar-refractivity contribution in [2.24, 2.45) is 0 Å². The summed E-state index contributed by atoms with van der Waals surface area (Å²) in [4.78, 5) is 42.9. The van der Waals surface area contributed by atoms with Crippen molar-refractivity contribution in [3.05, 3.63) is 75.3 Å². The average molecular weight is 448 g/mol. The number of nitrogen functional groups attached to an aromatic ring is 1. The van der Waals surface area contributed by atoms with E-state index in [0.717, 1.165) is 23.9 Å². The molecule has 0 aliphatic rings. The number of amides is 2. The number of thioether (sulfide) groups is 1. The molecule has 0 unspecified atom stereocenters. The van der Waals surface area contributed by atoms with E-state index in [4.69, 9.17) is 17.3 Å². The molecular formula is C19H15ClFN5O3S.